The minimum absolute atomic E-state index is 0.0354. The lowest BCUT2D eigenvalue weighted by molar-refractivity contribution is -0.137. The Labute approximate surface area is 118 Å². The summed E-state index contributed by atoms with van der Waals surface area (Å²) in [5.41, 5.74) is -1.75. The van der Waals surface area contributed by atoms with E-state index in [2.05, 4.69) is 10.2 Å². The molecule has 0 saturated heterocycles. The van der Waals surface area contributed by atoms with Gasteiger partial charge in [-0.15, -0.1) is 0 Å². The Morgan fingerprint density at radius 3 is 2.52 bits per heavy atom. The van der Waals surface area contributed by atoms with Crippen molar-refractivity contribution < 1.29 is 26.3 Å². The Hall–Kier alpha value is -2.23. The molecule has 0 aliphatic heterocycles. The fourth-order valence-electron chi connectivity index (χ4n) is 1.57. The molecule has 0 atom stereocenters. The summed E-state index contributed by atoms with van der Waals surface area (Å²) in [6, 6.07) is 4.04. The number of alkyl halides is 3. The molecule has 0 unspecified atom stereocenters. The highest BCUT2D eigenvalue weighted by Gasteiger charge is 2.35. The summed E-state index contributed by atoms with van der Waals surface area (Å²) in [5.74, 6) is -0.0354. The van der Waals surface area contributed by atoms with Gasteiger partial charge in [-0.05, 0) is 24.3 Å². The molecule has 1 aromatic carbocycles. The first kappa shape index (κ1) is 15.2. The Morgan fingerprint density at radius 1 is 1.29 bits per heavy atom. The van der Waals surface area contributed by atoms with E-state index in [1.165, 1.54) is 19.4 Å². The minimum Gasteiger partial charge on any atom is -0.497 e. The number of nitrogens with one attached hydrogen (secondary N) is 2. The van der Waals surface area contributed by atoms with Crippen molar-refractivity contribution in [2.24, 2.45) is 0 Å². The van der Waals surface area contributed by atoms with Crippen LogP contribution in [0.4, 0.5) is 18.9 Å². The van der Waals surface area contributed by atoms with Crippen LogP contribution in [0, 0.1) is 0 Å². The summed E-state index contributed by atoms with van der Waals surface area (Å²) in [6.45, 7) is 0. The van der Waals surface area contributed by atoms with Crippen LogP contribution < -0.4 is 9.46 Å². The molecule has 6 nitrogen and oxygen atoms in total. The van der Waals surface area contributed by atoms with E-state index in [9.17, 15) is 21.6 Å². The van der Waals surface area contributed by atoms with Gasteiger partial charge in [-0.1, -0.05) is 0 Å². The Morgan fingerprint density at radius 2 is 2.00 bits per heavy atom. The Bertz CT molecular complexity index is 727. The smallest absolute Gasteiger partial charge is 0.418 e. The summed E-state index contributed by atoms with van der Waals surface area (Å²) in [7, 11) is -2.97. The van der Waals surface area contributed by atoms with Crippen molar-refractivity contribution in [3.8, 4) is 5.75 Å². The number of methoxy groups -OCH3 is 1. The molecule has 0 bridgehead atoms. The number of rotatable bonds is 4. The molecule has 0 saturated carbocycles. The largest absolute Gasteiger partial charge is 0.497 e. The van der Waals surface area contributed by atoms with Crippen LogP contribution in [-0.2, 0) is 16.2 Å². The molecule has 2 aromatic rings. The van der Waals surface area contributed by atoms with Crippen LogP contribution in [0.15, 0.2) is 35.5 Å². The molecule has 1 heterocycles. The van der Waals surface area contributed by atoms with E-state index in [4.69, 9.17) is 4.74 Å². The zero-order chi connectivity index (χ0) is 15.7. The normalized spacial score (nSPS) is 12.2. The van der Waals surface area contributed by atoms with Crippen molar-refractivity contribution in [1.29, 1.82) is 0 Å². The second kappa shape index (κ2) is 5.28. The number of H-pyrrole nitrogens is 1. The molecule has 10 heteroatoms. The van der Waals surface area contributed by atoms with Crippen molar-refractivity contribution in [2.45, 2.75) is 11.2 Å². The number of aromatic amines is 1. The molecule has 2 rings (SSSR count). The van der Waals surface area contributed by atoms with E-state index >= 15 is 0 Å². The van der Waals surface area contributed by atoms with Gasteiger partial charge in [0.2, 0.25) is 0 Å². The highest BCUT2D eigenvalue weighted by molar-refractivity contribution is 7.92. The number of ether oxygens (including phenoxy) is 1. The summed E-state index contributed by atoms with van der Waals surface area (Å²) in [5, 5.41) is 5.27. The lowest BCUT2D eigenvalue weighted by Gasteiger charge is -2.15. The van der Waals surface area contributed by atoms with Gasteiger partial charge in [-0.25, -0.2) is 0 Å². The molecule has 1 aromatic heterocycles. The number of hydrogen-bond acceptors (Lipinski definition) is 4. The van der Waals surface area contributed by atoms with Gasteiger partial charge >= 0.3 is 6.18 Å². The monoisotopic (exact) mass is 321 g/mol. The first-order valence-electron chi connectivity index (χ1n) is 5.51. The SMILES string of the molecule is COc1ccc(NS(=O)(=O)c2ccn[nH]2)c(C(F)(F)F)c1. The highest BCUT2D eigenvalue weighted by atomic mass is 32.2. The summed E-state index contributed by atoms with van der Waals surface area (Å²) < 4.78 is 69.3. The molecule has 2 N–H and O–H groups in total. The van der Waals surface area contributed by atoms with Gasteiger partial charge in [0.1, 0.15) is 5.75 Å². The topological polar surface area (TPSA) is 84.1 Å². The maximum Gasteiger partial charge on any atom is 0.418 e. The van der Waals surface area contributed by atoms with E-state index in [1.807, 2.05) is 4.72 Å². The summed E-state index contributed by atoms with van der Waals surface area (Å²) >= 11 is 0. The molecule has 21 heavy (non-hydrogen) atoms. The van der Waals surface area contributed by atoms with Gasteiger partial charge in [0.15, 0.2) is 5.03 Å². The van der Waals surface area contributed by atoms with Gasteiger partial charge in [0.25, 0.3) is 10.0 Å². The van der Waals surface area contributed by atoms with Crippen molar-refractivity contribution in [3.05, 3.63) is 36.0 Å². The third kappa shape index (κ3) is 3.27. The second-order valence-electron chi connectivity index (χ2n) is 3.94. The fraction of sp³-hybridized carbons (Fsp3) is 0.182. The molecule has 0 aliphatic carbocycles. The molecule has 114 valence electrons. The highest BCUT2D eigenvalue weighted by Crippen LogP contribution is 2.37. The minimum atomic E-state index is -4.74. The molecule has 0 spiro atoms. The third-order valence-electron chi connectivity index (χ3n) is 2.54. The van der Waals surface area contributed by atoms with E-state index in [0.717, 1.165) is 12.1 Å². The van der Waals surface area contributed by atoms with Crippen molar-refractivity contribution in [3.63, 3.8) is 0 Å². The lowest BCUT2D eigenvalue weighted by Crippen LogP contribution is -2.17. The van der Waals surface area contributed by atoms with Crippen LogP contribution in [0.25, 0.3) is 0 Å². The molecule has 0 aliphatic rings. The first-order valence-corrected chi connectivity index (χ1v) is 7.00. The number of aromatic nitrogens is 2. The quantitative estimate of drug-likeness (QED) is 0.904. The number of halogens is 3. The number of hydrogen-bond donors (Lipinski definition) is 2. The predicted octanol–water partition coefficient (Wildman–Crippen LogP) is 2.24. The van der Waals surface area contributed by atoms with Crippen molar-refractivity contribution in [2.75, 3.05) is 11.8 Å². The van der Waals surface area contributed by atoms with Crippen LogP contribution in [-0.4, -0.2) is 25.7 Å². The molecule has 0 radical (unpaired) electrons. The fourth-order valence-corrected chi connectivity index (χ4v) is 2.56. The van der Waals surface area contributed by atoms with E-state index in [1.54, 1.807) is 0 Å². The molecule has 0 amide bonds. The van der Waals surface area contributed by atoms with Gasteiger partial charge < -0.3 is 4.74 Å². The maximum atomic E-state index is 13.0. The second-order valence-corrected chi connectivity index (χ2v) is 5.59. The zero-order valence-corrected chi connectivity index (χ0v) is 11.4. The number of nitrogens with zero attached hydrogens (tertiary/aromatic N) is 1. The van der Waals surface area contributed by atoms with Gasteiger partial charge in [-0.2, -0.15) is 26.7 Å². The zero-order valence-electron chi connectivity index (χ0n) is 10.6. The van der Waals surface area contributed by atoms with Crippen LogP contribution in [0.3, 0.4) is 0 Å². The van der Waals surface area contributed by atoms with Gasteiger partial charge in [0, 0.05) is 0 Å². The molecule has 0 fully saturated rings. The average Bonchev–Trinajstić information content (AvgIpc) is 2.92. The number of benzene rings is 1. The van der Waals surface area contributed by atoms with Crippen LogP contribution >= 0.6 is 0 Å². The van der Waals surface area contributed by atoms with E-state index in [-0.39, 0.29) is 10.8 Å². The van der Waals surface area contributed by atoms with Crippen LogP contribution in [0.1, 0.15) is 5.56 Å². The number of sulfonamides is 1. The van der Waals surface area contributed by atoms with E-state index < -0.39 is 27.5 Å². The standard InChI is InChI=1S/C11H10F3N3O3S/c1-20-7-2-3-9(8(6-7)11(12,13)14)17-21(18,19)10-4-5-15-16-10/h2-6,17H,1H3,(H,15,16). The maximum absolute atomic E-state index is 13.0. The van der Waals surface area contributed by atoms with Crippen LogP contribution in [0.2, 0.25) is 0 Å². The molecular weight excluding hydrogens is 311 g/mol. The summed E-state index contributed by atoms with van der Waals surface area (Å²) in [6.07, 6.45) is -3.56. The Kier molecular flexibility index (Phi) is 3.81. The van der Waals surface area contributed by atoms with Crippen molar-refractivity contribution in [1.82, 2.24) is 10.2 Å². The third-order valence-corrected chi connectivity index (χ3v) is 3.84. The summed E-state index contributed by atoms with van der Waals surface area (Å²) in [4.78, 5) is 0. The number of anilines is 1. The Balaban J connectivity index is 2.45. The van der Waals surface area contributed by atoms with Crippen molar-refractivity contribution >= 4 is 15.7 Å². The average molecular weight is 321 g/mol. The van der Waals surface area contributed by atoms with Crippen LogP contribution in [0.5, 0.6) is 5.75 Å². The lowest BCUT2D eigenvalue weighted by atomic mass is 10.1. The first-order chi connectivity index (χ1) is 9.74. The molecular formula is C11H10F3N3O3S. The van der Waals surface area contributed by atoms with Gasteiger partial charge in [-0.3, -0.25) is 9.82 Å². The van der Waals surface area contributed by atoms with Gasteiger partial charge in [0.05, 0.1) is 24.6 Å². The predicted molar refractivity (Wildman–Crippen MR) is 67.4 cm³/mol. The van der Waals surface area contributed by atoms with E-state index in [0.29, 0.717) is 6.07 Å².